The van der Waals surface area contributed by atoms with Crippen LogP contribution in [-0.2, 0) is 9.36 Å². The molecule has 0 bridgehead atoms. The van der Waals surface area contributed by atoms with Gasteiger partial charge in [-0.15, -0.1) is 0 Å². The molecule has 0 fully saturated rings. The average molecular weight is 151 g/mol. The molecule has 0 aromatic rings. The van der Waals surface area contributed by atoms with Crippen molar-refractivity contribution in [3.8, 4) is 0 Å². The Morgan fingerprint density at radius 1 is 1.67 bits per heavy atom. The molecule has 0 aromatic heterocycles. The molecule has 1 unspecified atom stereocenters. The number of hydrogen-bond acceptors (Lipinski definition) is 2. The average Bonchev–Trinajstić information content (AvgIpc) is 1.63. The van der Waals surface area contributed by atoms with Crippen LogP contribution in [0.1, 0.15) is 12.8 Å². The standard InChI is InChI=1S/C4H10NO3P/c5-9(8)3-1-2-4(6)7/h9H,1-3H2,(H2,5,8)(H,6,7). The van der Waals surface area contributed by atoms with Crippen LogP contribution in [0.15, 0.2) is 0 Å². The van der Waals surface area contributed by atoms with E-state index in [1.54, 1.807) is 0 Å². The van der Waals surface area contributed by atoms with Gasteiger partial charge in [0.25, 0.3) is 0 Å². The Morgan fingerprint density at radius 3 is 2.56 bits per heavy atom. The van der Waals surface area contributed by atoms with Crippen molar-refractivity contribution in [3.05, 3.63) is 0 Å². The molecule has 4 nitrogen and oxygen atoms in total. The summed E-state index contributed by atoms with van der Waals surface area (Å²) < 4.78 is 10.2. The molecule has 5 heteroatoms. The summed E-state index contributed by atoms with van der Waals surface area (Å²) in [5, 5.41) is 8.09. The molecule has 54 valence electrons. The van der Waals surface area contributed by atoms with Gasteiger partial charge in [0.1, 0.15) is 7.95 Å². The quantitative estimate of drug-likeness (QED) is 0.565. The SMILES string of the molecule is N[PH](=O)CCCC(=O)O. The molecule has 0 saturated carbocycles. The van der Waals surface area contributed by atoms with Crippen molar-refractivity contribution in [1.82, 2.24) is 0 Å². The van der Waals surface area contributed by atoms with Crippen LogP contribution in [0, 0.1) is 0 Å². The van der Waals surface area contributed by atoms with Crippen LogP contribution in [-0.4, -0.2) is 17.2 Å². The fourth-order valence-corrected chi connectivity index (χ4v) is 0.939. The highest BCUT2D eigenvalue weighted by Gasteiger charge is 1.96. The smallest absolute Gasteiger partial charge is 0.303 e. The molecule has 9 heavy (non-hydrogen) atoms. The van der Waals surface area contributed by atoms with Gasteiger partial charge in [0.05, 0.1) is 0 Å². The Morgan fingerprint density at radius 2 is 2.22 bits per heavy atom. The van der Waals surface area contributed by atoms with Gasteiger partial charge in [-0.2, -0.15) is 0 Å². The van der Waals surface area contributed by atoms with Crippen molar-refractivity contribution in [3.63, 3.8) is 0 Å². The minimum Gasteiger partial charge on any atom is -0.481 e. The van der Waals surface area contributed by atoms with Crippen molar-refractivity contribution in [1.29, 1.82) is 0 Å². The molecule has 0 aliphatic rings. The molecule has 0 radical (unpaired) electrons. The van der Waals surface area contributed by atoms with Crippen molar-refractivity contribution in [2.75, 3.05) is 6.16 Å². The zero-order chi connectivity index (χ0) is 7.28. The maximum Gasteiger partial charge on any atom is 0.303 e. The van der Waals surface area contributed by atoms with E-state index < -0.39 is 13.9 Å². The minimum atomic E-state index is -1.94. The Balaban J connectivity index is 3.10. The van der Waals surface area contributed by atoms with Crippen LogP contribution in [0.4, 0.5) is 0 Å². The molecule has 0 heterocycles. The predicted molar refractivity (Wildman–Crippen MR) is 34.9 cm³/mol. The lowest BCUT2D eigenvalue weighted by Gasteiger charge is -1.91. The van der Waals surface area contributed by atoms with Crippen LogP contribution >= 0.6 is 7.95 Å². The zero-order valence-corrected chi connectivity index (χ0v) is 5.96. The fourth-order valence-electron chi connectivity index (χ4n) is 0.414. The summed E-state index contributed by atoms with van der Waals surface area (Å²) in [6.45, 7) is 0. The first kappa shape index (κ1) is 8.66. The van der Waals surface area contributed by atoms with Gasteiger partial charge in [0.15, 0.2) is 0 Å². The van der Waals surface area contributed by atoms with Gasteiger partial charge in [0, 0.05) is 12.6 Å². The largest absolute Gasteiger partial charge is 0.481 e. The van der Waals surface area contributed by atoms with Crippen LogP contribution in [0.25, 0.3) is 0 Å². The summed E-state index contributed by atoms with van der Waals surface area (Å²) in [5.74, 6) is -0.863. The lowest BCUT2D eigenvalue weighted by Crippen LogP contribution is -1.96. The molecule has 1 atom stereocenters. The molecule has 0 aliphatic heterocycles. The molecule has 0 aromatic carbocycles. The van der Waals surface area contributed by atoms with Crippen molar-refractivity contribution in [2.45, 2.75) is 12.8 Å². The molecule has 0 amide bonds. The molecule has 3 N–H and O–H groups in total. The van der Waals surface area contributed by atoms with E-state index in [0.29, 0.717) is 12.6 Å². The van der Waals surface area contributed by atoms with Crippen LogP contribution in [0.5, 0.6) is 0 Å². The molecule has 0 rings (SSSR count). The Bertz CT molecular complexity index is 111. The third-order valence-electron chi connectivity index (χ3n) is 0.814. The molecular weight excluding hydrogens is 141 g/mol. The van der Waals surface area contributed by atoms with Crippen molar-refractivity contribution >= 4 is 13.9 Å². The van der Waals surface area contributed by atoms with Crippen LogP contribution < -0.4 is 5.50 Å². The highest BCUT2D eigenvalue weighted by Crippen LogP contribution is 2.09. The first-order chi connectivity index (χ1) is 4.13. The Hall–Kier alpha value is -0.340. The molecule has 0 aliphatic carbocycles. The highest BCUT2D eigenvalue weighted by atomic mass is 31.1. The highest BCUT2D eigenvalue weighted by molar-refractivity contribution is 7.41. The summed E-state index contributed by atoms with van der Waals surface area (Å²) in [6.07, 6.45) is 0.828. The van der Waals surface area contributed by atoms with Gasteiger partial charge in [0.2, 0.25) is 0 Å². The maximum absolute atomic E-state index is 10.2. The van der Waals surface area contributed by atoms with Gasteiger partial charge in [-0.3, -0.25) is 10.3 Å². The lowest BCUT2D eigenvalue weighted by molar-refractivity contribution is -0.137. The molecule has 0 saturated heterocycles. The van der Waals surface area contributed by atoms with Crippen LogP contribution in [0.3, 0.4) is 0 Å². The predicted octanol–water partition coefficient (Wildman–Crippen LogP) is 0.285. The van der Waals surface area contributed by atoms with Crippen LogP contribution in [0.2, 0.25) is 0 Å². The summed E-state index contributed by atoms with van der Waals surface area (Å²) in [5.41, 5.74) is 4.93. The van der Waals surface area contributed by atoms with E-state index in [9.17, 15) is 9.36 Å². The number of carboxylic acid groups (broad SMARTS) is 1. The van der Waals surface area contributed by atoms with Crippen molar-refractivity contribution in [2.24, 2.45) is 5.50 Å². The third kappa shape index (κ3) is 7.66. The Labute approximate surface area is 53.9 Å². The second kappa shape index (κ2) is 4.53. The van der Waals surface area contributed by atoms with Gasteiger partial charge in [-0.05, 0) is 6.42 Å². The van der Waals surface area contributed by atoms with Crippen molar-refractivity contribution < 1.29 is 14.5 Å². The maximum atomic E-state index is 10.2. The summed E-state index contributed by atoms with van der Waals surface area (Å²) >= 11 is 0. The first-order valence-electron chi connectivity index (χ1n) is 2.63. The molecular formula is C4H10NO3P. The summed E-state index contributed by atoms with van der Waals surface area (Å²) in [4.78, 5) is 9.85. The van der Waals surface area contributed by atoms with E-state index in [0.717, 1.165) is 0 Å². The fraction of sp³-hybridized carbons (Fsp3) is 0.750. The van der Waals surface area contributed by atoms with E-state index in [-0.39, 0.29) is 6.42 Å². The number of hydrogen-bond donors (Lipinski definition) is 2. The van der Waals surface area contributed by atoms with Gasteiger partial charge in [-0.1, -0.05) is 0 Å². The number of carbonyl (C=O) groups is 1. The van der Waals surface area contributed by atoms with E-state index in [2.05, 4.69) is 0 Å². The number of aliphatic carboxylic acids is 1. The van der Waals surface area contributed by atoms with E-state index in [4.69, 9.17) is 10.6 Å². The normalized spacial score (nSPS) is 13.0. The van der Waals surface area contributed by atoms with E-state index in [1.165, 1.54) is 0 Å². The van der Waals surface area contributed by atoms with Gasteiger partial charge >= 0.3 is 5.97 Å². The van der Waals surface area contributed by atoms with E-state index in [1.807, 2.05) is 0 Å². The molecule has 0 spiro atoms. The monoisotopic (exact) mass is 151 g/mol. The minimum absolute atomic E-state index is 0.0631. The number of rotatable bonds is 4. The van der Waals surface area contributed by atoms with E-state index >= 15 is 0 Å². The second-order valence-electron chi connectivity index (χ2n) is 1.71. The topological polar surface area (TPSA) is 80.4 Å². The van der Waals surface area contributed by atoms with Gasteiger partial charge in [-0.25, -0.2) is 0 Å². The summed E-state index contributed by atoms with van der Waals surface area (Å²) in [6, 6.07) is 0. The first-order valence-corrected chi connectivity index (χ1v) is 4.32. The van der Waals surface area contributed by atoms with Gasteiger partial charge < -0.3 is 9.67 Å². The number of carboxylic acids is 1. The second-order valence-corrected chi connectivity index (χ2v) is 3.15. The third-order valence-corrected chi connectivity index (χ3v) is 1.66. The zero-order valence-electron chi connectivity index (χ0n) is 4.96. The lowest BCUT2D eigenvalue weighted by atomic mass is 10.3. The summed E-state index contributed by atoms with van der Waals surface area (Å²) in [7, 11) is -1.94. The Kier molecular flexibility index (Phi) is 4.36. The number of nitrogens with two attached hydrogens (primary N) is 1.